The lowest BCUT2D eigenvalue weighted by Gasteiger charge is -2.11. The molecule has 0 bridgehead atoms. The quantitative estimate of drug-likeness (QED) is 0.568. The van der Waals surface area contributed by atoms with Gasteiger partial charge in [-0.2, -0.15) is 0 Å². The van der Waals surface area contributed by atoms with Crippen molar-refractivity contribution in [3.8, 4) is 17.0 Å². The standard InChI is InChI=1S/C19H21N3O3S.2ClH/c1-21-12-14-10-19(15-4-3-5-16(20)11-15)22(13-14)26(23,24)18-8-6-17(25-2)7-9-18;;/h3-11,13,21H,12,20H2,1-2H3;2*1H. The van der Waals surface area contributed by atoms with Crippen molar-refractivity contribution in [3.05, 3.63) is 66.4 Å². The number of rotatable bonds is 6. The zero-order chi connectivity index (χ0) is 18.7. The molecule has 0 saturated heterocycles. The fourth-order valence-corrected chi connectivity index (χ4v) is 4.16. The summed E-state index contributed by atoms with van der Waals surface area (Å²) in [5.74, 6) is 0.600. The van der Waals surface area contributed by atoms with Crippen LogP contribution in [0.5, 0.6) is 5.75 Å². The summed E-state index contributed by atoms with van der Waals surface area (Å²) in [7, 11) is -0.407. The summed E-state index contributed by atoms with van der Waals surface area (Å²) in [6.07, 6.45) is 1.63. The number of nitrogens with two attached hydrogens (primary N) is 1. The van der Waals surface area contributed by atoms with Crippen LogP contribution in [-0.4, -0.2) is 26.5 Å². The van der Waals surface area contributed by atoms with Gasteiger partial charge in [-0.1, -0.05) is 12.1 Å². The van der Waals surface area contributed by atoms with Crippen molar-refractivity contribution >= 4 is 40.5 Å². The third kappa shape index (κ3) is 4.80. The Kier molecular flexibility index (Phi) is 8.38. The van der Waals surface area contributed by atoms with E-state index in [1.165, 1.54) is 23.2 Å². The molecule has 28 heavy (non-hydrogen) atoms. The van der Waals surface area contributed by atoms with E-state index in [-0.39, 0.29) is 29.7 Å². The number of aromatic nitrogens is 1. The average molecular weight is 444 g/mol. The number of nitrogens with one attached hydrogen (secondary N) is 1. The second-order valence-electron chi connectivity index (χ2n) is 5.87. The van der Waals surface area contributed by atoms with E-state index >= 15 is 0 Å². The third-order valence-electron chi connectivity index (χ3n) is 4.02. The monoisotopic (exact) mass is 443 g/mol. The maximum Gasteiger partial charge on any atom is 0.268 e. The van der Waals surface area contributed by atoms with E-state index < -0.39 is 10.0 Å². The first-order valence-electron chi connectivity index (χ1n) is 8.07. The highest BCUT2D eigenvalue weighted by Gasteiger charge is 2.22. The minimum absolute atomic E-state index is 0. The van der Waals surface area contributed by atoms with Crippen molar-refractivity contribution in [2.24, 2.45) is 0 Å². The van der Waals surface area contributed by atoms with Crippen molar-refractivity contribution in [1.29, 1.82) is 0 Å². The van der Waals surface area contributed by atoms with Crippen molar-refractivity contribution < 1.29 is 13.2 Å². The molecule has 3 aromatic rings. The van der Waals surface area contributed by atoms with Gasteiger partial charge in [0, 0.05) is 24.0 Å². The molecular formula is C19H23Cl2N3O3S. The first-order valence-corrected chi connectivity index (χ1v) is 9.51. The van der Waals surface area contributed by atoms with Crippen LogP contribution in [0.4, 0.5) is 5.69 Å². The number of hydrogen-bond donors (Lipinski definition) is 2. The molecule has 9 heteroatoms. The van der Waals surface area contributed by atoms with Crippen molar-refractivity contribution in [3.63, 3.8) is 0 Å². The van der Waals surface area contributed by atoms with Crippen LogP contribution in [0.2, 0.25) is 0 Å². The molecule has 0 unspecified atom stereocenters. The largest absolute Gasteiger partial charge is 0.497 e. The molecule has 0 saturated carbocycles. The van der Waals surface area contributed by atoms with Crippen LogP contribution in [-0.2, 0) is 16.6 Å². The number of methoxy groups -OCH3 is 1. The van der Waals surface area contributed by atoms with E-state index in [0.29, 0.717) is 23.7 Å². The lowest BCUT2D eigenvalue weighted by Crippen LogP contribution is -2.13. The normalized spacial score (nSPS) is 10.6. The Bertz CT molecular complexity index is 1020. The Morgan fingerprint density at radius 3 is 2.32 bits per heavy atom. The molecule has 0 aliphatic carbocycles. The summed E-state index contributed by atoms with van der Waals surface area (Å²) in [6.45, 7) is 0.556. The van der Waals surface area contributed by atoms with Gasteiger partial charge in [0.25, 0.3) is 10.0 Å². The summed E-state index contributed by atoms with van der Waals surface area (Å²) in [5.41, 5.74) is 8.63. The highest BCUT2D eigenvalue weighted by Crippen LogP contribution is 2.29. The van der Waals surface area contributed by atoms with Crippen LogP contribution in [0, 0.1) is 0 Å². The van der Waals surface area contributed by atoms with Gasteiger partial charge in [-0.25, -0.2) is 12.4 Å². The Hall–Kier alpha value is -2.19. The second-order valence-corrected chi connectivity index (χ2v) is 7.68. The number of benzene rings is 2. The summed E-state index contributed by atoms with van der Waals surface area (Å²) in [5, 5.41) is 3.04. The minimum Gasteiger partial charge on any atom is -0.497 e. The molecule has 152 valence electrons. The van der Waals surface area contributed by atoms with Crippen molar-refractivity contribution in [2.45, 2.75) is 11.4 Å². The summed E-state index contributed by atoms with van der Waals surface area (Å²) < 4.78 is 32.8. The van der Waals surface area contributed by atoms with E-state index in [1.807, 2.05) is 19.2 Å². The Labute approximate surface area is 177 Å². The topological polar surface area (TPSA) is 86.4 Å². The lowest BCUT2D eigenvalue weighted by molar-refractivity contribution is 0.414. The smallest absolute Gasteiger partial charge is 0.268 e. The fourth-order valence-electron chi connectivity index (χ4n) is 2.77. The molecule has 0 amide bonds. The van der Waals surface area contributed by atoms with E-state index in [0.717, 1.165) is 11.1 Å². The van der Waals surface area contributed by atoms with Gasteiger partial charge in [-0.3, -0.25) is 0 Å². The summed E-state index contributed by atoms with van der Waals surface area (Å²) in [4.78, 5) is 0.190. The van der Waals surface area contributed by atoms with E-state index in [4.69, 9.17) is 10.5 Å². The molecule has 2 aromatic carbocycles. The van der Waals surface area contributed by atoms with Crippen molar-refractivity contribution in [2.75, 3.05) is 19.9 Å². The van der Waals surface area contributed by atoms with Gasteiger partial charge < -0.3 is 15.8 Å². The number of halogens is 2. The molecule has 0 spiro atoms. The number of nitrogen functional groups attached to an aromatic ring is 1. The Morgan fingerprint density at radius 2 is 1.75 bits per heavy atom. The number of ether oxygens (including phenoxy) is 1. The molecule has 0 fully saturated rings. The average Bonchev–Trinajstić information content (AvgIpc) is 3.07. The van der Waals surface area contributed by atoms with Gasteiger partial charge in [0.15, 0.2) is 0 Å². The number of hydrogen-bond acceptors (Lipinski definition) is 5. The van der Waals surface area contributed by atoms with Crippen LogP contribution in [0.1, 0.15) is 5.56 Å². The lowest BCUT2D eigenvalue weighted by atomic mass is 10.1. The number of anilines is 1. The van der Waals surface area contributed by atoms with Gasteiger partial charge >= 0.3 is 0 Å². The van der Waals surface area contributed by atoms with Crippen LogP contribution < -0.4 is 15.8 Å². The molecular weight excluding hydrogens is 421 g/mol. The molecule has 0 aliphatic rings. The molecule has 6 nitrogen and oxygen atoms in total. The summed E-state index contributed by atoms with van der Waals surface area (Å²) >= 11 is 0. The van der Waals surface area contributed by atoms with Gasteiger partial charge in [0.05, 0.1) is 17.7 Å². The van der Waals surface area contributed by atoms with Gasteiger partial charge in [0.2, 0.25) is 0 Å². The first kappa shape index (κ1) is 23.8. The van der Waals surface area contributed by atoms with Gasteiger partial charge in [0.1, 0.15) is 5.75 Å². The molecule has 3 N–H and O–H groups in total. The molecule has 1 heterocycles. The SMILES string of the molecule is CNCc1cc(-c2cccc(N)c2)n(S(=O)(=O)c2ccc(OC)cc2)c1.Cl.Cl. The predicted octanol–water partition coefficient (Wildman–Crippen LogP) is 3.55. The predicted molar refractivity (Wildman–Crippen MR) is 117 cm³/mol. The Morgan fingerprint density at radius 1 is 1.07 bits per heavy atom. The first-order chi connectivity index (χ1) is 12.5. The number of nitrogens with zero attached hydrogens (tertiary/aromatic N) is 1. The zero-order valence-corrected chi connectivity index (χ0v) is 17.9. The van der Waals surface area contributed by atoms with Crippen LogP contribution in [0.15, 0.2) is 65.7 Å². The van der Waals surface area contributed by atoms with Crippen molar-refractivity contribution in [1.82, 2.24) is 9.29 Å². The van der Waals surface area contributed by atoms with Crippen LogP contribution >= 0.6 is 24.8 Å². The van der Waals surface area contributed by atoms with E-state index in [9.17, 15) is 8.42 Å². The van der Waals surface area contributed by atoms with E-state index in [2.05, 4.69) is 5.32 Å². The molecule has 0 radical (unpaired) electrons. The molecule has 1 aromatic heterocycles. The minimum atomic E-state index is -3.76. The Balaban J connectivity index is 0.00000196. The van der Waals surface area contributed by atoms with Gasteiger partial charge in [-0.05, 0) is 55.1 Å². The maximum absolute atomic E-state index is 13.2. The highest BCUT2D eigenvalue weighted by atomic mass is 35.5. The molecule has 0 aliphatic heterocycles. The van der Waals surface area contributed by atoms with E-state index in [1.54, 1.807) is 36.5 Å². The van der Waals surface area contributed by atoms with Gasteiger partial charge in [-0.15, -0.1) is 24.8 Å². The summed E-state index contributed by atoms with van der Waals surface area (Å²) in [6, 6.07) is 15.4. The third-order valence-corrected chi connectivity index (χ3v) is 5.71. The fraction of sp³-hybridized carbons (Fsp3) is 0.158. The van der Waals surface area contributed by atoms with Crippen LogP contribution in [0.3, 0.4) is 0 Å². The van der Waals surface area contributed by atoms with Crippen LogP contribution in [0.25, 0.3) is 11.3 Å². The maximum atomic E-state index is 13.2. The molecule has 0 atom stereocenters. The highest BCUT2D eigenvalue weighted by molar-refractivity contribution is 7.90. The second kappa shape index (κ2) is 9.84. The molecule has 3 rings (SSSR count). The zero-order valence-electron chi connectivity index (χ0n) is 15.5.